The van der Waals surface area contributed by atoms with E-state index in [1.54, 1.807) is 18.2 Å². The van der Waals surface area contributed by atoms with Gasteiger partial charge in [-0.3, -0.25) is 4.79 Å². The van der Waals surface area contributed by atoms with Crippen LogP contribution in [-0.4, -0.2) is 24.2 Å². The zero-order valence-electron chi connectivity index (χ0n) is 11.8. The summed E-state index contributed by atoms with van der Waals surface area (Å²) in [6.07, 6.45) is 1.65. The Morgan fingerprint density at radius 2 is 1.81 bits per heavy atom. The summed E-state index contributed by atoms with van der Waals surface area (Å²) in [5, 5.41) is 13.0. The quantitative estimate of drug-likeness (QED) is 0.908. The number of hydrogen-bond donors (Lipinski definition) is 2. The molecule has 0 fully saturated rings. The average molecular weight is 283 g/mol. The van der Waals surface area contributed by atoms with Gasteiger partial charge < -0.3 is 15.2 Å². The highest BCUT2D eigenvalue weighted by atomic mass is 16.5. The third kappa shape index (κ3) is 2.57. The number of benzene rings is 2. The van der Waals surface area contributed by atoms with Crippen LogP contribution in [-0.2, 0) is 12.8 Å². The number of methoxy groups -OCH3 is 1. The van der Waals surface area contributed by atoms with Gasteiger partial charge >= 0.3 is 0 Å². The number of nitrogens with one attached hydrogen (secondary N) is 1. The van der Waals surface area contributed by atoms with Crippen molar-refractivity contribution in [1.29, 1.82) is 0 Å². The Bertz CT molecular complexity index is 656. The summed E-state index contributed by atoms with van der Waals surface area (Å²) in [6.45, 7) is 0. The van der Waals surface area contributed by atoms with Crippen molar-refractivity contribution in [3.63, 3.8) is 0 Å². The van der Waals surface area contributed by atoms with Crippen LogP contribution in [0.15, 0.2) is 42.5 Å². The van der Waals surface area contributed by atoms with Crippen LogP contribution in [0.5, 0.6) is 11.5 Å². The van der Waals surface area contributed by atoms with Crippen molar-refractivity contribution < 1.29 is 14.6 Å². The topological polar surface area (TPSA) is 58.6 Å². The molecule has 0 saturated carbocycles. The predicted octanol–water partition coefficient (Wildman–Crippen LogP) is 2.30. The van der Waals surface area contributed by atoms with Crippen molar-refractivity contribution in [3.8, 4) is 11.5 Å². The van der Waals surface area contributed by atoms with E-state index in [1.807, 2.05) is 12.1 Å². The second-order valence-electron chi connectivity index (χ2n) is 5.20. The van der Waals surface area contributed by atoms with Crippen LogP contribution in [0, 0.1) is 0 Å². The van der Waals surface area contributed by atoms with Crippen LogP contribution >= 0.6 is 0 Å². The van der Waals surface area contributed by atoms with Crippen molar-refractivity contribution in [1.82, 2.24) is 5.32 Å². The van der Waals surface area contributed by atoms with Crippen molar-refractivity contribution in [3.05, 3.63) is 59.2 Å². The number of amides is 1. The van der Waals surface area contributed by atoms with E-state index in [-0.39, 0.29) is 23.3 Å². The Hall–Kier alpha value is -2.49. The maximum absolute atomic E-state index is 12.3. The molecule has 0 atom stereocenters. The first kappa shape index (κ1) is 13.5. The van der Waals surface area contributed by atoms with Gasteiger partial charge in [-0.1, -0.05) is 30.3 Å². The number of carbonyl (C=O) groups excluding carboxylic acids is 1. The highest BCUT2D eigenvalue weighted by molar-refractivity contribution is 5.97. The Morgan fingerprint density at radius 3 is 2.43 bits per heavy atom. The van der Waals surface area contributed by atoms with Gasteiger partial charge in [-0.05, 0) is 36.1 Å². The van der Waals surface area contributed by atoms with E-state index in [2.05, 4.69) is 17.4 Å². The van der Waals surface area contributed by atoms with E-state index in [4.69, 9.17) is 4.74 Å². The highest BCUT2D eigenvalue weighted by Crippen LogP contribution is 2.29. The molecule has 2 aromatic rings. The SMILES string of the molecule is COc1cccc(C(=O)NC2Cc3ccccc3C2)c1O. The fourth-order valence-electron chi connectivity index (χ4n) is 2.79. The third-order valence-electron chi connectivity index (χ3n) is 3.85. The molecule has 0 bridgehead atoms. The molecule has 2 N–H and O–H groups in total. The van der Waals surface area contributed by atoms with Crippen molar-refractivity contribution in [2.45, 2.75) is 18.9 Å². The molecule has 0 radical (unpaired) electrons. The van der Waals surface area contributed by atoms with Gasteiger partial charge in [0.15, 0.2) is 11.5 Å². The van der Waals surface area contributed by atoms with Gasteiger partial charge in [0.05, 0.1) is 12.7 Å². The van der Waals surface area contributed by atoms with E-state index >= 15 is 0 Å². The van der Waals surface area contributed by atoms with E-state index in [0.29, 0.717) is 5.75 Å². The Kier molecular flexibility index (Phi) is 3.52. The van der Waals surface area contributed by atoms with E-state index in [0.717, 1.165) is 12.8 Å². The number of hydrogen-bond acceptors (Lipinski definition) is 3. The molecule has 0 aromatic heterocycles. The van der Waals surface area contributed by atoms with Crippen LogP contribution in [0.25, 0.3) is 0 Å². The van der Waals surface area contributed by atoms with Crippen molar-refractivity contribution in [2.24, 2.45) is 0 Å². The molecule has 0 unspecified atom stereocenters. The molecule has 0 saturated heterocycles. The molecular weight excluding hydrogens is 266 g/mol. The predicted molar refractivity (Wildman–Crippen MR) is 79.8 cm³/mol. The number of ether oxygens (including phenoxy) is 1. The molecule has 0 heterocycles. The average Bonchev–Trinajstić information content (AvgIpc) is 2.89. The highest BCUT2D eigenvalue weighted by Gasteiger charge is 2.24. The summed E-state index contributed by atoms with van der Waals surface area (Å²) in [5.41, 5.74) is 2.79. The maximum atomic E-state index is 12.3. The van der Waals surface area contributed by atoms with Gasteiger partial charge in [0.25, 0.3) is 5.91 Å². The molecule has 2 aromatic carbocycles. The lowest BCUT2D eigenvalue weighted by Crippen LogP contribution is -2.35. The minimum Gasteiger partial charge on any atom is -0.504 e. The van der Waals surface area contributed by atoms with E-state index < -0.39 is 0 Å². The second kappa shape index (κ2) is 5.48. The number of rotatable bonds is 3. The lowest BCUT2D eigenvalue weighted by molar-refractivity contribution is 0.0935. The largest absolute Gasteiger partial charge is 0.504 e. The molecule has 21 heavy (non-hydrogen) atoms. The Balaban J connectivity index is 1.74. The molecule has 1 aliphatic carbocycles. The summed E-state index contributed by atoms with van der Waals surface area (Å²) in [7, 11) is 1.46. The van der Waals surface area contributed by atoms with Crippen LogP contribution in [0.1, 0.15) is 21.5 Å². The summed E-state index contributed by atoms with van der Waals surface area (Å²) >= 11 is 0. The van der Waals surface area contributed by atoms with Gasteiger partial charge in [-0.25, -0.2) is 0 Å². The molecular formula is C17H17NO3. The zero-order chi connectivity index (χ0) is 14.8. The number of para-hydroxylation sites is 1. The second-order valence-corrected chi connectivity index (χ2v) is 5.20. The fourth-order valence-corrected chi connectivity index (χ4v) is 2.79. The normalized spacial score (nSPS) is 13.8. The molecule has 1 aliphatic rings. The summed E-state index contributed by atoms with van der Waals surface area (Å²) in [6, 6.07) is 13.2. The molecule has 4 heteroatoms. The number of aromatic hydroxyl groups is 1. The van der Waals surface area contributed by atoms with Crippen LogP contribution in [0.4, 0.5) is 0 Å². The number of carbonyl (C=O) groups is 1. The van der Waals surface area contributed by atoms with Gasteiger partial charge in [-0.2, -0.15) is 0 Å². The number of fused-ring (bicyclic) bond motifs is 1. The van der Waals surface area contributed by atoms with E-state index in [9.17, 15) is 9.90 Å². The zero-order valence-corrected chi connectivity index (χ0v) is 11.8. The molecule has 0 spiro atoms. The smallest absolute Gasteiger partial charge is 0.255 e. The lowest BCUT2D eigenvalue weighted by atomic mass is 10.1. The first-order valence-electron chi connectivity index (χ1n) is 6.92. The van der Waals surface area contributed by atoms with Crippen molar-refractivity contribution >= 4 is 5.91 Å². The molecule has 4 nitrogen and oxygen atoms in total. The number of phenolic OH excluding ortho intramolecular Hbond substituents is 1. The van der Waals surface area contributed by atoms with Gasteiger partial charge in [-0.15, -0.1) is 0 Å². The fraction of sp³-hybridized carbons (Fsp3) is 0.235. The van der Waals surface area contributed by atoms with Crippen LogP contribution in [0.2, 0.25) is 0 Å². The maximum Gasteiger partial charge on any atom is 0.255 e. The molecule has 3 rings (SSSR count). The summed E-state index contributed by atoms with van der Waals surface area (Å²) < 4.78 is 5.03. The summed E-state index contributed by atoms with van der Waals surface area (Å²) in [5.74, 6) is -0.0884. The minimum absolute atomic E-state index is 0.0699. The monoisotopic (exact) mass is 283 g/mol. The number of phenols is 1. The molecule has 0 aliphatic heterocycles. The first-order valence-corrected chi connectivity index (χ1v) is 6.92. The van der Waals surface area contributed by atoms with Crippen LogP contribution in [0.3, 0.4) is 0 Å². The first-order chi connectivity index (χ1) is 10.2. The molecule has 1 amide bonds. The summed E-state index contributed by atoms with van der Waals surface area (Å²) in [4.78, 5) is 12.3. The van der Waals surface area contributed by atoms with Gasteiger partial charge in [0.2, 0.25) is 0 Å². The molecule has 108 valence electrons. The van der Waals surface area contributed by atoms with Crippen LogP contribution < -0.4 is 10.1 Å². The van der Waals surface area contributed by atoms with Crippen molar-refractivity contribution in [2.75, 3.05) is 7.11 Å². The van der Waals surface area contributed by atoms with E-state index in [1.165, 1.54) is 18.2 Å². The van der Waals surface area contributed by atoms with Gasteiger partial charge in [0.1, 0.15) is 0 Å². The Morgan fingerprint density at radius 1 is 1.14 bits per heavy atom. The third-order valence-corrected chi connectivity index (χ3v) is 3.85. The lowest BCUT2D eigenvalue weighted by Gasteiger charge is -2.14. The Labute approximate surface area is 123 Å². The standard InChI is InChI=1S/C17H17NO3/c1-21-15-8-4-7-14(16(15)19)17(20)18-13-9-11-5-2-3-6-12(11)10-13/h2-8,13,19H,9-10H2,1H3,(H,18,20). The minimum atomic E-state index is -0.274. The van der Waals surface area contributed by atoms with Gasteiger partial charge in [0, 0.05) is 6.04 Å².